The Labute approximate surface area is 130 Å². The molecule has 0 spiro atoms. The van der Waals surface area contributed by atoms with Gasteiger partial charge in [-0.15, -0.1) is 11.3 Å². The van der Waals surface area contributed by atoms with Gasteiger partial charge in [0.05, 0.1) is 28.8 Å². The molecule has 1 aromatic heterocycles. The molecule has 0 atom stereocenters. The molecule has 0 aliphatic rings. The largest absolute Gasteiger partial charge is 0.496 e. The van der Waals surface area contributed by atoms with Gasteiger partial charge < -0.3 is 9.64 Å². The van der Waals surface area contributed by atoms with Crippen molar-refractivity contribution in [1.29, 1.82) is 0 Å². The Hall–Kier alpha value is -1.40. The van der Waals surface area contributed by atoms with Gasteiger partial charge >= 0.3 is 0 Å². The third-order valence-corrected chi connectivity index (χ3v) is 4.25. The Kier molecular flexibility index (Phi) is 4.77. The summed E-state index contributed by atoms with van der Waals surface area (Å²) in [7, 11) is 3.37. The highest BCUT2D eigenvalue weighted by atomic mass is 79.9. The van der Waals surface area contributed by atoms with Gasteiger partial charge in [-0.05, 0) is 41.1 Å². The van der Waals surface area contributed by atoms with Gasteiger partial charge in [-0.1, -0.05) is 0 Å². The SMILES string of the molecule is COc1ccc(C(=O)N(C)Cc2csc(C)n2)cc1Br. The highest BCUT2D eigenvalue weighted by Crippen LogP contribution is 2.26. The Morgan fingerprint density at radius 2 is 2.25 bits per heavy atom. The summed E-state index contributed by atoms with van der Waals surface area (Å²) in [5, 5.41) is 2.98. The first-order chi connectivity index (χ1) is 9.51. The minimum absolute atomic E-state index is 0.0426. The summed E-state index contributed by atoms with van der Waals surface area (Å²) in [6.07, 6.45) is 0. The van der Waals surface area contributed by atoms with Crippen LogP contribution in [0.25, 0.3) is 0 Å². The molecule has 0 radical (unpaired) electrons. The third-order valence-electron chi connectivity index (χ3n) is 2.81. The fourth-order valence-corrected chi connectivity index (χ4v) is 2.96. The van der Waals surface area contributed by atoms with E-state index in [9.17, 15) is 4.79 Å². The molecule has 0 bridgehead atoms. The van der Waals surface area contributed by atoms with E-state index in [0.717, 1.165) is 15.2 Å². The van der Waals surface area contributed by atoms with Crippen LogP contribution >= 0.6 is 27.3 Å². The van der Waals surface area contributed by atoms with Gasteiger partial charge in [-0.25, -0.2) is 4.98 Å². The number of hydrogen-bond donors (Lipinski definition) is 0. The Morgan fingerprint density at radius 1 is 1.50 bits per heavy atom. The van der Waals surface area contributed by atoms with Crippen molar-refractivity contribution in [2.24, 2.45) is 0 Å². The number of rotatable bonds is 4. The Morgan fingerprint density at radius 3 is 2.80 bits per heavy atom. The van der Waals surface area contributed by atoms with E-state index >= 15 is 0 Å². The molecule has 4 nitrogen and oxygen atoms in total. The van der Waals surface area contributed by atoms with Gasteiger partial charge in [-0.2, -0.15) is 0 Å². The fourth-order valence-electron chi connectivity index (χ4n) is 1.82. The van der Waals surface area contributed by atoms with Crippen molar-refractivity contribution in [1.82, 2.24) is 9.88 Å². The van der Waals surface area contributed by atoms with Gasteiger partial charge in [-0.3, -0.25) is 4.79 Å². The van der Waals surface area contributed by atoms with Crippen molar-refractivity contribution in [3.63, 3.8) is 0 Å². The highest BCUT2D eigenvalue weighted by molar-refractivity contribution is 9.10. The Bertz CT molecular complexity index is 627. The predicted octanol–water partition coefficient (Wildman–Crippen LogP) is 3.49. The minimum Gasteiger partial charge on any atom is -0.496 e. The lowest BCUT2D eigenvalue weighted by Crippen LogP contribution is -2.26. The number of benzene rings is 1. The summed E-state index contributed by atoms with van der Waals surface area (Å²) in [6, 6.07) is 5.30. The van der Waals surface area contributed by atoms with Gasteiger partial charge in [0.15, 0.2) is 0 Å². The molecule has 0 unspecified atom stereocenters. The average Bonchev–Trinajstić information content (AvgIpc) is 2.83. The number of nitrogens with zero attached hydrogens (tertiary/aromatic N) is 2. The van der Waals surface area contributed by atoms with Crippen LogP contribution in [0.2, 0.25) is 0 Å². The normalized spacial score (nSPS) is 10.4. The summed E-state index contributed by atoms with van der Waals surface area (Å²) in [5.74, 6) is 0.665. The lowest BCUT2D eigenvalue weighted by atomic mass is 10.2. The summed E-state index contributed by atoms with van der Waals surface area (Å²) in [5.41, 5.74) is 1.53. The van der Waals surface area contributed by atoms with Crippen molar-refractivity contribution in [3.8, 4) is 5.75 Å². The number of halogens is 1. The van der Waals surface area contributed by atoms with Gasteiger partial charge in [0, 0.05) is 18.0 Å². The molecule has 0 saturated heterocycles. The average molecular weight is 355 g/mol. The molecule has 2 rings (SSSR count). The van der Waals surface area contributed by atoms with Crippen LogP contribution < -0.4 is 4.74 Å². The van der Waals surface area contributed by atoms with Crippen LogP contribution in [-0.2, 0) is 6.54 Å². The van der Waals surface area contributed by atoms with Crippen LogP contribution in [0.5, 0.6) is 5.75 Å². The molecule has 2 aromatic rings. The Balaban J connectivity index is 2.12. The van der Waals surface area contributed by atoms with Crippen molar-refractivity contribution in [2.75, 3.05) is 14.2 Å². The number of aryl methyl sites for hydroxylation is 1. The van der Waals surface area contributed by atoms with E-state index in [1.807, 2.05) is 12.3 Å². The van der Waals surface area contributed by atoms with Crippen molar-refractivity contribution in [2.45, 2.75) is 13.5 Å². The maximum Gasteiger partial charge on any atom is 0.253 e. The standard InChI is InChI=1S/C14H15BrN2O2S/c1-9-16-11(8-20-9)7-17(2)14(18)10-4-5-13(19-3)12(15)6-10/h4-6,8H,7H2,1-3H3. The van der Waals surface area contributed by atoms with Crippen molar-refractivity contribution in [3.05, 3.63) is 44.3 Å². The second-order valence-corrected chi connectivity index (χ2v) is 6.28. The number of carbonyl (C=O) groups is 1. The van der Waals surface area contributed by atoms with E-state index in [2.05, 4.69) is 20.9 Å². The van der Waals surface area contributed by atoms with E-state index in [0.29, 0.717) is 17.9 Å². The number of methoxy groups -OCH3 is 1. The highest BCUT2D eigenvalue weighted by Gasteiger charge is 2.14. The lowest BCUT2D eigenvalue weighted by molar-refractivity contribution is 0.0783. The molecule has 0 N–H and O–H groups in total. The number of ether oxygens (including phenoxy) is 1. The molecule has 20 heavy (non-hydrogen) atoms. The van der Waals surface area contributed by atoms with Gasteiger partial charge in [0.1, 0.15) is 5.75 Å². The minimum atomic E-state index is -0.0426. The molecule has 0 saturated carbocycles. The molecule has 106 valence electrons. The van der Waals surface area contributed by atoms with E-state index in [1.165, 1.54) is 0 Å². The molecule has 1 amide bonds. The summed E-state index contributed by atoms with van der Waals surface area (Å²) < 4.78 is 5.93. The molecule has 1 aromatic carbocycles. The maximum atomic E-state index is 12.3. The first-order valence-electron chi connectivity index (χ1n) is 6.01. The van der Waals surface area contributed by atoms with Crippen LogP contribution in [0.1, 0.15) is 21.1 Å². The van der Waals surface area contributed by atoms with Crippen LogP contribution in [-0.4, -0.2) is 29.9 Å². The molecule has 1 heterocycles. The summed E-state index contributed by atoms with van der Waals surface area (Å²) >= 11 is 4.98. The van der Waals surface area contributed by atoms with E-state index in [1.54, 1.807) is 48.6 Å². The zero-order chi connectivity index (χ0) is 14.7. The zero-order valence-electron chi connectivity index (χ0n) is 11.5. The first-order valence-corrected chi connectivity index (χ1v) is 7.68. The summed E-state index contributed by atoms with van der Waals surface area (Å²) in [6.45, 7) is 2.46. The smallest absolute Gasteiger partial charge is 0.253 e. The number of thiazole rings is 1. The number of carbonyl (C=O) groups excluding carboxylic acids is 1. The van der Waals surface area contributed by atoms with E-state index < -0.39 is 0 Å². The maximum absolute atomic E-state index is 12.3. The number of aromatic nitrogens is 1. The molecule has 0 aliphatic carbocycles. The lowest BCUT2D eigenvalue weighted by Gasteiger charge is -2.16. The van der Waals surface area contributed by atoms with Gasteiger partial charge in [0.25, 0.3) is 5.91 Å². The summed E-state index contributed by atoms with van der Waals surface area (Å²) in [4.78, 5) is 18.4. The van der Waals surface area contributed by atoms with E-state index in [4.69, 9.17) is 4.74 Å². The molecule has 6 heteroatoms. The van der Waals surface area contributed by atoms with Crippen molar-refractivity contribution >= 4 is 33.2 Å². The molecule has 0 aliphatic heterocycles. The topological polar surface area (TPSA) is 42.4 Å². The third kappa shape index (κ3) is 3.37. The first kappa shape index (κ1) is 15.0. The van der Waals surface area contributed by atoms with Gasteiger partial charge in [0.2, 0.25) is 0 Å². The zero-order valence-corrected chi connectivity index (χ0v) is 13.9. The van der Waals surface area contributed by atoms with Crippen LogP contribution in [0, 0.1) is 6.92 Å². The van der Waals surface area contributed by atoms with Crippen LogP contribution in [0.3, 0.4) is 0 Å². The van der Waals surface area contributed by atoms with Crippen LogP contribution in [0.4, 0.5) is 0 Å². The fraction of sp³-hybridized carbons (Fsp3) is 0.286. The number of hydrogen-bond acceptors (Lipinski definition) is 4. The predicted molar refractivity (Wildman–Crippen MR) is 83.3 cm³/mol. The molecular weight excluding hydrogens is 340 g/mol. The van der Waals surface area contributed by atoms with Crippen molar-refractivity contribution < 1.29 is 9.53 Å². The quantitative estimate of drug-likeness (QED) is 0.843. The second kappa shape index (κ2) is 6.37. The monoisotopic (exact) mass is 354 g/mol. The molecule has 0 fully saturated rings. The van der Waals surface area contributed by atoms with Crippen LogP contribution in [0.15, 0.2) is 28.1 Å². The molecular formula is C14H15BrN2O2S. The number of amides is 1. The van der Waals surface area contributed by atoms with E-state index in [-0.39, 0.29) is 5.91 Å². The second-order valence-electron chi connectivity index (χ2n) is 4.37.